The van der Waals surface area contributed by atoms with Crippen molar-refractivity contribution in [2.24, 2.45) is 0 Å². The lowest BCUT2D eigenvalue weighted by atomic mass is 9.86. The summed E-state index contributed by atoms with van der Waals surface area (Å²) >= 11 is 0. The van der Waals surface area contributed by atoms with Gasteiger partial charge in [-0.15, -0.1) is 0 Å². The Hall–Kier alpha value is -0.860. The molecule has 0 aromatic carbocycles. The second kappa shape index (κ2) is 13.4. The molecular formula is C18H34O7. The molecular weight excluding hydrogens is 328 g/mol. The van der Waals surface area contributed by atoms with Gasteiger partial charge in [0, 0.05) is 6.42 Å². The molecule has 0 heterocycles. The molecule has 0 fully saturated rings. The molecule has 0 amide bonds. The van der Waals surface area contributed by atoms with Crippen LogP contribution in [0, 0.1) is 0 Å². The minimum Gasteiger partial charge on any atom is -0.394 e. The van der Waals surface area contributed by atoms with Crippen molar-refractivity contribution in [2.45, 2.75) is 95.0 Å². The number of rotatable bonds is 16. The number of aliphatic hydroxyl groups is 5. The topological polar surface area (TPSA) is 135 Å². The van der Waals surface area contributed by atoms with Crippen molar-refractivity contribution in [3.05, 3.63) is 0 Å². The van der Waals surface area contributed by atoms with Crippen LogP contribution in [0.3, 0.4) is 0 Å². The highest BCUT2D eigenvalue weighted by atomic mass is 16.4. The molecule has 148 valence electrons. The molecule has 0 bridgehead atoms. The monoisotopic (exact) mass is 362 g/mol. The van der Waals surface area contributed by atoms with E-state index in [1.807, 2.05) is 0 Å². The first-order valence-electron chi connectivity index (χ1n) is 9.11. The maximum Gasteiger partial charge on any atom is 0.154 e. The minimum absolute atomic E-state index is 0.0223. The number of carbonyl (C=O) groups excluding carboxylic acids is 2. The van der Waals surface area contributed by atoms with Crippen LogP contribution in [-0.2, 0) is 9.59 Å². The molecule has 0 aromatic rings. The molecule has 0 radical (unpaired) electrons. The van der Waals surface area contributed by atoms with Crippen LogP contribution < -0.4 is 0 Å². The van der Waals surface area contributed by atoms with Gasteiger partial charge >= 0.3 is 0 Å². The van der Waals surface area contributed by atoms with Gasteiger partial charge in [0.25, 0.3) is 0 Å². The van der Waals surface area contributed by atoms with Gasteiger partial charge < -0.3 is 35.1 Å². The van der Waals surface area contributed by atoms with E-state index in [1.54, 1.807) is 6.92 Å². The molecule has 0 saturated heterocycles. The van der Waals surface area contributed by atoms with Gasteiger partial charge in [-0.05, 0) is 19.8 Å². The summed E-state index contributed by atoms with van der Waals surface area (Å²) in [5.74, 6) is 0.224. The van der Waals surface area contributed by atoms with Crippen LogP contribution in [0.5, 0.6) is 0 Å². The zero-order valence-electron chi connectivity index (χ0n) is 15.1. The SMILES string of the molecule is CC(=O)CCCCCCCCCC[C@](O)(C=O)[C@@H](O)[C@H](O)[C@H](O)CO. The van der Waals surface area contributed by atoms with E-state index in [1.165, 1.54) is 0 Å². The molecule has 0 aliphatic carbocycles. The molecule has 7 nitrogen and oxygen atoms in total. The maximum absolute atomic E-state index is 11.1. The Morgan fingerprint density at radius 3 is 1.88 bits per heavy atom. The summed E-state index contributed by atoms with van der Waals surface area (Å²) < 4.78 is 0. The van der Waals surface area contributed by atoms with Crippen LogP contribution in [0.15, 0.2) is 0 Å². The fourth-order valence-electron chi connectivity index (χ4n) is 2.73. The number of aliphatic hydroxyl groups excluding tert-OH is 4. The lowest BCUT2D eigenvalue weighted by Crippen LogP contribution is -2.54. The highest BCUT2D eigenvalue weighted by Crippen LogP contribution is 2.22. The number of ketones is 1. The smallest absolute Gasteiger partial charge is 0.154 e. The Morgan fingerprint density at radius 2 is 1.44 bits per heavy atom. The molecule has 25 heavy (non-hydrogen) atoms. The van der Waals surface area contributed by atoms with E-state index in [4.69, 9.17) is 5.11 Å². The van der Waals surface area contributed by atoms with E-state index >= 15 is 0 Å². The van der Waals surface area contributed by atoms with Crippen molar-refractivity contribution in [1.82, 2.24) is 0 Å². The summed E-state index contributed by atoms with van der Waals surface area (Å²) in [6.45, 7) is 0.820. The Kier molecular flexibility index (Phi) is 12.9. The van der Waals surface area contributed by atoms with Gasteiger partial charge in [-0.1, -0.05) is 44.9 Å². The standard InChI is InChI=1S/C18H34O7/c1-14(21)10-8-6-4-2-3-5-7-9-11-18(25,13-20)17(24)16(23)15(22)12-19/h13,15-17,19,22-25H,2-12H2,1H3/t15-,16-,17+,18+/m1/s1. The molecule has 0 aliphatic heterocycles. The van der Waals surface area contributed by atoms with Crippen molar-refractivity contribution in [2.75, 3.05) is 6.61 Å². The predicted molar refractivity (Wildman–Crippen MR) is 93.0 cm³/mol. The van der Waals surface area contributed by atoms with E-state index in [9.17, 15) is 30.0 Å². The Morgan fingerprint density at radius 1 is 0.960 bits per heavy atom. The molecule has 4 atom stereocenters. The van der Waals surface area contributed by atoms with Crippen LogP contribution in [0.2, 0.25) is 0 Å². The normalized spacial score (nSPS) is 17.5. The number of aldehydes is 1. The number of carbonyl (C=O) groups is 2. The Balaban J connectivity index is 3.92. The van der Waals surface area contributed by atoms with Gasteiger partial charge in [-0.3, -0.25) is 0 Å². The molecule has 5 N–H and O–H groups in total. The summed E-state index contributed by atoms with van der Waals surface area (Å²) in [6.07, 6.45) is 2.88. The highest BCUT2D eigenvalue weighted by molar-refractivity contribution is 5.75. The molecule has 0 unspecified atom stereocenters. The molecule has 0 aromatic heterocycles. The van der Waals surface area contributed by atoms with Crippen molar-refractivity contribution >= 4 is 12.1 Å². The van der Waals surface area contributed by atoms with E-state index in [0.29, 0.717) is 12.8 Å². The lowest BCUT2D eigenvalue weighted by Gasteiger charge is -2.32. The fraction of sp³-hybridized carbons (Fsp3) is 0.889. The number of unbranched alkanes of at least 4 members (excludes halogenated alkanes) is 7. The second-order valence-corrected chi connectivity index (χ2v) is 6.82. The first-order chi connectivity index (χ1) is 11.8. The van der Waals surface area contributed by atoms with Gasteiger partial charge in [0.2, 0.25) is 0 Å². The summed E-state index contributed by atoms with van der Waals surface area (Å²) in [5.41, 5.74) is -2.14. The summed E-state index contributed by atoms with van der Waals surface area (Å²) in [7, 11) is 0. The Bertz CT molecular complexity index is 374. The first kappa shape index (κ1) is 24.1. The van der Waals surface area contributed by atoms with Gasteiger partial charge in [0.15, 0.2) is 6.29 Å². The molecule has 0 spiro atoms. The van der Waals surface area contributed by atoms with Gasteiger partial charge in [-0.25, -0.2) is 0 Å². The van der Waals surface area contributed by atoms with Crippen LogP contribution in [0.4, 0.5) is 0 Å². The number of hydrogen-bond donors (Lipinski definition) is 5. The third-order valence-corrected chi connectivity index (χ3v) is 4.48. The lowest BCUT2D eigenvalue weighted by molar-refractivity contribution is -0.166. The predicted octanol–water partition coefficient (Wildman–Crippen LogP) is 0.481. The largest absolute Gasteiger partial charge is 0.394 e. The zero-order chi connectivity index (χ0) is 19.3. The van der Waals surface area contributed by atoms with Gasteiger partial charge in [0.05, 0.1) is 6.61 Å². The highest BCUT2D eigenvalue weighted by Gasteiger charge is 2.41. The van der Waals surface area contributed by atoms with Crippen LogP contribution in [0.1, 0.15) is 71.1 Å². The second-order valence-electron chi connectivity index (χ2n) is 6.82. The van der Waals surface area contributed by atoms with E-state index < -0.39 is 30.5 Å². The summed E-state index contributed by atoms with van der Waals surface area (Å²) in [4.78, 5) is 21.9. The molecule has 0 saturated carbocycles. The fourth-order valence-corrected chi connectivity index (χ4v) is 2.73. The summed E-state index contributed by atoms with van der Waals surface area (Å²) in [6, 6.07) is 0. The van der Waals surface area contributed by atoms with Crippen molar-refractivity contribution < 1.29 is 35.1 Å². The summed E-state index contributed by atoms with van der Waals surface area (Å²) in [5, 5.41) is 47.7. The average Bonchev–Trinajstić information content (AvgIpc) is 2.60. The average molecular weight is 362 g/mol. The van der Waals surface area contributed by atoms with Crippen molar-refractivity contribution in [3.8, 4) is 0 Å². The van der Waals surface area contributed by atoms with Crippen molar-refractivity contribution in [1.29, 1.82) is 0 Å². The molecule has 7 heteroatoms. The first-order valence-corrected chi connectivity index (χ1v) is 9.11. The zero-order valence-corrected chi connectivity index (χ0v) is 15.1. The van der Waals surface area contributed by atoms with Crippen LogP contribution in [-0.4, -0.2) is 68.1 Å². The Labute approximate surface area is 149 Å². The van der Waals surface area contributed by atoms with E-state index in [2.05, 4.69) is 0 Å². The minimum atomic E-state index is -2.14. The van der Waals surface area contributed by atoms with Crippen molar-refractivity contribution in [3.63, 3.8) is 0 Å². The molecule has 0 rings (SSSR count). The number of hydrogen-bond acceptors (Lipinski definition) is 7. The van der Waals surface area contributed by atoms with Gasteiger partial charge in [-0.2, -0.15) is 0 Å². The maximum atomic E-state index is 11.1. The molecule has 0 aliphatic rings. The van der Waals surface area contributed by atoms with E-state index in [-0.39, 0.29) is 18.5 Å². The van der Waals surface area contributed by atoms with Crippen LogP contribution in [0.25, 0.3) is 0 Å². The third-order valence-electron chi connectivity index (χ3n) is 4.48. The third kappa shape index (κ3) is 10.0. The van der Waals surface area contributed by atoms with Crippen LogP contribution >= 0.6 is 0 Å². The quantitative estimate of drug-likeness (QED) is 0.199. The number of Topliss-reactive ketones (excluding diaryl/α,β-unsaturated/α-hetero) is 1. The van der Waals surface area contributed by atoms with E-state index in [0.717, 1.165) is 44.9 Å². The van der Waals surface area contributed by atoms with Gasteiger partial charge in [0.1, 0.15) is 29.7 Å².